The Morgan fingerprint density at radius 1 is 0.938 bits per heavy atom. The fourth-order valence-electron chi connectivity index (χ4n) is 3.03. The molecule has 2 heteroatoms. The SMILES string of the molecule is CB1C(C)=C(C)B(C)C1Cc1ccccc1. The maximum Gasteiger partial charge on any atom is 0.162 e. The molecule has 0 aromatic heterocycles. The van der Waals surface area contributed by atoms with Crippen molar-refractivity contribution in [2.45, 2.75) is 39.6 Å². The number of allylic oxidation sites excluding steroid dienone is 2. The van der Waals surface area contributed by atoms with Crippen LogP contribution in [0.4, 0.5) is 0 Å². The molecular weight excluding hydrogens is 190 g/mol. The van der Waals surface area contributed by atoms with E-state index < -0.39 is 0 Å². The molecule has 0 N–H and O–H groups in total. The second-order valence-electron chi connectivity index (χ2n) is 5.30. The molecule has 0 bridgehead atoms. The molecule has 0 radical (unpaired) electrons. The van der Waals surface area contributed by atoms with E-state index in [1.165, 1.54) is 12.0 Å². The van der Waals surface area contributed by atoms with Crippen LogP contribution in [-0.4, -0.2) is 13.4 Å². The molecule has 1 aliphatic rings. The summed E-state index contributed by atoms with van der Waals surface area (Å²) in [6.45, 7) is 10.9. The lowest BCUT2D eigenvalue weighted by atomic mass is 9.26. The van der Waals surface area contributed by atoms with E-state index >= 15 is 0 Å². The Bertz CT molecular complexity index is 376. The monoisotopic (exact) mass is 210 g/mol. The van der Waals surface area contributed by atoms with Crippen molar-refractivity contribution in [3.63, 3.8) is 0 Å². The highest BCUT2D eigenvalue weighted by Gasteiger charge is 2.37. The Morgan fingerprint density at radius 2 is 1.44 bits per heavy atom. The Balaban J connectivity index is 2.14. The molecule has 1 heterocycles. The maximum absolute atomic E-state index is 2.38. The summed E-state index contributed by atoms with van der Waals surface area (Å²) in [6, 6.07) is 10.9. The van der Waals surface area contributed by atoms with Gasteiger partial charge in [-0.25, -0.2) is 0 Å². The van der Waals surface area contributed by atoms with Crippen LogP contribution in [-0.2, 0) is 6.42 Å². The fraction of sp³-hybridized carbons (Fsp3) is 0.429. The Labute approximate surface area is 100 Å². The van der Waals surface area contributed by atoms with Crippen LogP contribution in [0, 0.1) is 0 Å². The van der Waals surface area contributed by atoms with Crippen molar-refractivity contribution >= 4 is 13.4 Å². The molecule has 0 amide bonds. The molecule has 2 rings (SSSR count). The number of benzene rings is 1. The van der Waals surface area contributed by atoms with Gasteiger partial charge in [-0.05, 0) is 12.0 Å². The van der Waals surface area contributed by atoms with Crippen molar-refractivity contribution in [3.8, 4) is 0 Å². The minimum atomic E-state index is 0.746. The molecule has 0 nitrogen and oxygen atoms in total. The van der Waals surface area contributed by atoms with Crippen molar-refractivity contribution in [3.05, 3.63) is 46.8 Å². The summed E-state index contributed by atoms with van der Waals surface area (Å²) in [6.07, 6.45) is 1.22. The van der Waals surface area contributed by atoms with Crippen LogP contribution in [0.1, 0.15) is 19.4 Å². The number of hydrogen-bond donors (Lipinski definition) is 0. The van der Waals surface area contributed by atoms with Gasteiger partial charge in [0, 0.05) is 0 Å². The smallest absolute Gasteiger partial charge is 0.114 e. The Morgan fingerprint density at radius 3 is 1.94 bits per heavy atom. The normalized spacial score (nSPS) is 17.5. The third-order valence-corrected chi connectivity index (χ3v) is 4.59. The van der Waals surface area contributed by atoms with E-state index in [4.69, 9.17) is 0 Å². The molecule has 0 atom stereocenters. The van der Waals surface area contributed by atoms with Gasteiger partial charge in [0.05, 0.1) is 0 Å². The van der Waals surface area contributed by atoms with Gasteiger partial charge in [-0.3, -0.25) is 0 Å². The molecule has 0 saturated heterocycles. The molecule has 16 heavy (non-hydrogen) atoms. The first-order chi connectivity index (χ1) is 7.61. The van der Waals surface area contributed by atoms with E-state index in [1.807, 2.05) is 0 Å². The van der Waals surface area contributed by atoms with Gasteiger partial charge < -0.3 is 0 Å². The first kappa shape index (κ1) is 11.6. The summed E-state index contributed by atoms with van der Waals surface area (Å²) in [5.41, 5.74) is 5.51. The second-order valence-corrected chi connectivity index (χ2v) is 5.30. The Kier molecular flexibility index (Phi) is 3.27. The lowest BCUT2D eigenvalue weighted by molar-refractivity contribution is 1.04. The maximum atomic E-state index is 2.38. The average Bonchev–Trinajstić information content (AvgIpc) is 2.48. The van der Waals surface area contributed by atoms with Crippen LogP contribution >= 0.6 is 0 Å². The van der Waals surface area contributed by atoms with Gasteiger partial charge in [-0.1, -0.05) is 63.5 Å². The van der Waals surface area contributed by atoms with Gasteiger partial charge in [0.2, 0.25) is 0 Å². The third-order valence-electron chi connectivity index (χ3n) is 4.59. The molecule has 1 aromatic carbocycles. The summed E-state index contributed by atoms with van der Waals surface area (Å²) in [4.78, 5) is 0. The van der Waals surface area contributed by atoms with Gasteiger partial charge in [0.15, 0.2) is 13.4 Å². The molecule has 0 spiro atoms. The van der Waals surface area contributed by atoms with E-state index in [0.717, 1.165) is 19.1 Å². The molecule has 1 aromatic rings. The van der Waals surface area contributed by atoms with Crippen molar-refractivity contribution in [1.82, 2.24) is 0 Å². The lowest BCUT2D eigenvalue weighted by Crippen LogP contribution is -2.24. The fourth-order valence-corrected chi connectivity index (χ4v) is 3.03. The van der Waals surface area contributed by atoms with Crippen LogP contribution in [0.25, 0.3) is 0 Å². The summed E-state index contributed by atoms with van der Waals surface area (Å²) in [5.74, 6) is 0. The highest BCUT2D eigenvalue weighted by Crippen LogP contribution is 2.36. The van der Waals surface area contributed by atoms with Gasteiger partial charge in [0.25, 0.3) is 0 Å². The first-order valence-corrected chi connectivity index (χ1v) is 6.32. The minimum absolute atomic E-state index is 0.746. The molecule has 0 aliphatic carbocycles. The van der Waals surface area contributed by atoms with Crippen molar-refractivity contribution in [1.29, 1.82) is 0 Å². The molecule has 0 unspecified atom stereocenters. The van der Waals surface area contributed by atoms with Crippen molar-refractivity contribution < 1.29 is 0 Å². The number of rotatable bonds is 2. The summed E-state index contributed by atoms with van der Waals surface area (Å²) in [5, 5.41) is 0. The van der Waals surface area contributed by atoms with Gasteiger partial charge in [-0.15, -0.1) is 10.9 Å². The summed E-state index contributed by atoms with van der Waals surface area (Å²) in [7, 11) is 0. The highest BCUT2D eigenvalue weighted by atomic mass is 14.1. The highest BCUT2D eigenvalue weighted by molar-refractivity contribution is 6.91. The third kappa shape index (κ3) is 1.98. The molecule has 82 valence electrons. The van der Waals surface area contributed by atoms with Gasteiger partial charge in [0.1, 0.15) is 0 Å². The van der Waals surface area contributed by atoms with Crippen LogP contribution in [0.3, 0.4) is 0 Å². The summed E-state index contributed by atoms with van der Waals surface area (Å²) < 4.78 is 0. The largest absolute Gasteiger partial charge is 0.162 e. The molecule has 0 saturated carbocycles. The zero-order chi connectivity index (χ0) is 11.7. The Hall–Kier alpha value is -0.910. The predicted molar refractivity (Wildman–Crippen MR) is 75.5 cm³/mol. The summed E-state index contributed by atoms with van der Waals surface area (Å²) >= 11 is 0. The predicted octanol–water partition coefficient (Wildman–Crippen LogP) is 3.82. The lowest BCUT2D eigenvalue weighted by Gasteiger charge is -2.18. The van der Waals surface area contributed by atoms with Crippen LogP contribution < -0.4 is 0 Å². The van der Waals surface area contributed by atoms with E-state index in [2.05, 4.69) is 57.8 Å². The molecular formula is C14H20B2. The van der Waals surface area contributed by atoms with Crippen molar-refractivity contribution in [2.75, 3.05) is 0 Å². The van der Waals surface area contributed by atoms with Gasteiger partial charge >= 0.3 is 0 Å². The van der Waals surface area contributed by atoms with E-state index in [1.54, 1.807) is 10.9 Å². The first-order valence-electron chi connectivity index (χ1n) is 6.32. The number of hydrogen-bond acceptors (Lipinski definition) is 0. The van der Waals surface area contributed by atoms with Crippen LogP contribution in [0.15, 0.2) is 41.3 Å². The quantitative estimate of drug-likeness (QED) is 0.650. The van der Waals surface area contributed by atoms with E-state index in [0.29, 0.717) is 0 Å². The zero-order valence-electron chi connectivity index (χ0n) is 10.8. The van der Waals surface area contributed by atoms with Crippen LogP contribution in [0.2, 0.25) is 19.4 Å². The van der Waals surface area contributed by atoms with Gasteiger partial charge in [-0.2, -0.15) is 0 Å². The zero-order valence-corrected chi connectivity index (χ0v) is 10.8. The topological polar surface area (TPSA) is 0 Å². The van der Waals surface area contributed by atoms with Crippen LogP contribution in [0.5, 0.6) is 0 Å². The second kappa shape index (κ2) is 4.53. The standard InChI is InChI=1S/C14H20B2/c1-11-12(2)16(4)14(15(11)3)10-13-8-6-5-7-9-13/h5-9,14H,10H2,1-4H3. The average molecular weight is 210 g/mol. The molecule has 1 aliphatic heterocycles. The van der Waals surface area contributed by atoms with E-state index in [9.17, 15) is 0 Å². The molecule has 0 fully saturated rings. The minimum Gasteiger partial charge on any atom is -0.114 e. The van der Waals surface area contributed by atoms with Crippen molar-refractivity contribution in [2.24, 2.45) is 0 Å². The van der Waals surface area contributed by atoms with E-state index in [-0.39, 0.29) is 0 Å².